The molecule has 0 N–H and O–H groups in total. The van der Waals surface area contributed by atoms with Crippen LogP contribution in [0, 0.1) is 3.57 Å². The first-order valence-electron chi connectivity index (χ1n) is 9.62. The van der Waals surface area contributed by atoms with Gasteiger partial charge in [0.05, 0.1) is 0 Å². The molecule has 1 heterocycles. The third kappa shape index (κ3) is 4.95. The Labute approximate surface area is 162 Å². The maximum Gasteiger partial charge on any atom is 0.0368 e. The fraction of sp³-hybridized carbons (Fsp3) is 0.455. The summed E-state index contributed by atoms with van der Waals surface area (Å²) in [5, 5.41) is 0. The van der Waals surface area contributed by atoms with Crippen molar-refractivity contribution in [2.24, 2.45) is 0 Å². The molecule has 0 radical (unpaired) electrons. The third-order valence-corrected chi connectivity index (χ3v) is 9.87. The van der Waals surface area contributed by atoms with Crippen molar-refractivity contribution in [2.75, 3.05) is 0 Å². The lowest BCUT2D eigenvalue weighted by Crippen LogP contribution is -2.20. The Morgan fingerprint density at radius 3 is 2.04 bits per heavy atom. The highest BCUT2D eigenvalue weighted by atomic mass is 127. The summed E-state index contributed by atoms with van der Waals surface area (Å²) in [6.45, 7) is 2.32. The summed E-state index contributed by atoms with van der Waals surface area (Å²) in [5.74, 6) is 0.825. The molecule has 24 heavy (non-hydrogen) atoms. The average molecular weight is 448 g/mol. The zero-order chi connectivity index (χ0) is 16.8. The number of hydrogen-bond acceptors (Lipinski definition) is 0. The van der Waals surface area contributed by atoms with E-state index in [2.05, 4.69) is 78.0 Å². The van der Waals surface area contributed by atoms with Gasteiger partial charge in [-0.15, -0.1) is 0 Å². The van der Waals surface area contributed by atoms with Crippen molar-refractivity contribution in [3.63, 3.8) is 0 Å². The number of halogens is 1. The molecular formula is C22H29ISi. The minimum atomic E-state index is -0.384. The molecular weight excluding hydrogens is 419 g/mol. The summed E-state index contributed by atoms with van der Waals surface area (Å²) in [7, 11) is -0.384. The van der Waals surface area contributed by atoms with Gasteiger partial charge in [0, 0.05) is 12.4 Å². The third-order valence-electron chi connectivity index (χ3n) is 5.62. The standard InChI is InChI=1S/C22H29ISi/c1-2-3-4-15-24-16-13-21(14-17-24)19-7-5-18(6-8-19)20-9-11-22(23)12-10-20/h5-12,21,24H,2-4,13-17H2,1H3. The van der Waals surface area contributed by atoms with E-state index >= 15 is 0 Å². The van der Waals surface area contributed by atoms with Gasteiger partial charge in [0.2, 0.25) is 0 Å². The molecule has 0 aliphatic carbocycles. The lowest BCUT2D eigenvalue weighted by atomic mass is 9.92. The van der Waals surface area contributed by atoms with Gasteiger partial charge in [0.1, 0.15) is 0 Å². The van der Waals surface area contributed by atoms with E-state index in [1.54, 1.807) is 23.7 Å². The Balaban J connectivity index is 1.56. The van der Waals surface area contributed by atoms with Crippen LogP contribution in [0.5, 0.6) is 0 Å². The van der Waals surface area contributed by atoms with Gasteiger partial charge < -0.3 is 0 Å². The molecule has 2 aromatic rings. The van der Waals surface area contributed by atoms with Crippen LogP contribution in [0.4, 0.5) is 0 Å². The molecule has 1 saturated heterocycles. The molecule has 2 heteroatoms. The van der Waals surface area contributed by atoms with E-state index in [-0.39, 0.29) is 8.80 Å². The maximum absolute atomic E-state index is 2.39. The van der Waals surface area contributed by atoms with E-state index in [1.807, 2.05) is 0 Å². The normalized spacial score (nSPS) is 20.9. The number of hydrogen-bond donors (Lipinski definition) is 0. The first-order chi connectivity index (χ1) is 11.8. The summed E-state index contributed by atoms with van der Waals surface area (Å²) in [6.07, 6.45) is 7.23. The predicted octanol–water partition coefficient (Wildman–Crippen LogP) is 7.25. The zero-order valence-corrected chi connectivity index (χ0v) is 18.1. The zero-order valence-electron chi connectivity index (χ0n) is 14.8. The van der Waals surface area contributed by atoms with Crippen LogP contribution in [-0.4, -0.2) is 8.80 Å². The highest BCUT2D eigenvalue weighted by Crippen LogP contribution is 2.36. The molecule has 0 nitrogen and oxygen atoms in total. The van der Waals surface area contributed by atoms with Crippen molar-refractivity contribution < 1.29 is 0 Å². The summed E-state index contributed by atoms with van der Waals surface area (Å²) in [6, 6.07) is 23.0. The summed E-state index contributed by atoms with van der Waals surface area (Å²) in [5.41, 5.74) is 4.25. The SMILES string of the molecule is CCCCC[SiH]1CCC(c2ccc(-c3ccc(I)cc3)cc2)CC1. The van der Waals surface area contributed by atoms with E-state index < -0.39 is 0 Å². The fourth-order valence-corrected chi connectivity index (χ4v) is 7.90. The Kier molecular flexibility index (Phi) is 6.96. The van der Waals surface area contributed by atoms with Crippen LogP contribution >= 0.6 is 22.6 Å². The lowest BCUT2D eigenvalue weighted by Gasteiger charge is -2.28. The van der Waals surface area contributed by atoms with Crippen LogP contribution in [0.1, 0.15) is 50.5 Å². The van der Waals surface area contributed by atoms with Crippen LogP contribution in [-0.2, 0) is 0 Å². The van der Waals surface area contributed by atoms with Crippen molar-refractivity contribution >= 4 is 31.4 Å². The van der Waals surface area contributed by atoms with Crippen molar-refractivity contribution in [2.45, 2.75) is 63.1 Å². The molecule has 0 bridgehead atoms. The van der Waals surface area contributed by atoms with Gasteiger partial charge in [0.25, 0.3) is 0 Å². The minimum absolute atomic E-state index is 0.384. The van der Waals surface area contributed by atoms with E-state index in [4.69, 9.17) is 0 Å². The molecule has 128 valence electrons. The van der Waals surface area contributed by atoms with Crippen molar-refractivity contribution in [1.82, 2.24) is 0 Å². The fourth-order valence-electron chi connectivity index (χ4n) is 4.06. The van der Waals surface area contributed by atoms with Crippen molar-refractivity contribution in [3.05, 3.63) is 57.7 Å². The Hall–Kier alpha value is -0.613. The van der Waals surface area contributed by atoms with Crippen LogP contribution < -0.4 is 0 Å². The van der Waals surface area contributed by atoms with E-state index in [0.29, 0.717) is 0 Å². The molecule has 1 aliphatic heterocycles. The maximum atomic E-state index is 2.39. The Morgan fingerprint density at radius 2 is 1.46 bits per heavy atom. The van der Waals surface area contributed by atoms with Gasteiger partial charge in [-0.3, -0.25) is 0 Å². The molecule has 0 spiro atoms. The highest BCUT2D eigenvalue weighted by Gasteiger charge is 2.22. The van der Waals surface area contributed by atoms with Gasteiger partial charge in [-0.25, -0.2) is 0 Å². The van der Waals surface area contributed by atoms with E-state index in [0.717, 1.165) is 5.92 Å². The van der Waals surface area contributed by atoms with Gasteiger partial charge in [-0.05, 0) is 70.2 Å². The molecule has 2 aromatic carbocycles. The van der Waals surface area contributed by atoms with Crippen molar-refractivity contribution in [1.29, 1.82) is 0 Å². The monoisotopic (exact) mass is 448 g/mol. The number of rotatable bonds is 6. The Bertz CT molecular complexity index is 609. The molecule has 0 amide bonds. The summed E-state index contributed by atoms with van der Waals surface area (Å²) in [4.78, 5) is 0. The second-order valence-corrected chi connectivity index (χ2v) is 12.1. The predicted molar refractivity (Wildman–Crippen MR) is 118 cm³/mol. The second-order valence-electron chi connectivity index (χ2n) is 7.34. The molecule has 0 aromatic heterocycles. The number of benzene rings is 2. The molecule has 1 fully saturated rings. The topological polar surface area (TPSA) is 0 Å². The largest absolute Gasteiger partial charge is 0.0654 e. The van der Waals surface area contributed by atoms with Gasteiger partial charge >= 0.3 is 0 Å². The lowest BCUT2D eigenvalue weighted by molar-refractivity contribution is 0.603. The molecule has 3 rings (SSSR count). The van der Waals surface area contributed by atoms with E-state index in [9.17, 15) is 0 Å². The van der Waals surface area contributed by atoms with Gasteiger partial charge in [0.15, 0.2) is 0 Å². The molecule has 1 aliphatic rings. The average Bonchev–Trinajstić information content (AvgIpc) is 2.63. The number of unbranched alkanes of at least 4 members (excludes halogenated alkanes) is 2. The van der Waals surface area contributed by atoms with Gasteiger partial charge in [-0.2, -0.15) is 0 Å². The Morgan fingerprint density at radius 1 is 0.875 bits per heavy atom. The molecule has 0 atom stereocenters. The highest BCUT2D eigenvalue weighted by molar-refractivity contribution is 14.1. The van der Waals surface area contributed by atoms with Crippen LogP contribution in [0.25, 0.3) is 11.1 Å². The minimum Gasteiger partial charge on any atom is -0.0654 e. The first kappa shape index (κ1) is 18.2. The van der Waals surface area contributed by atoms with Crippen LogP contribution in [0.3, 0.4) is 0 Å². The smallest absolute Gasteiger partial charge is 0.0368 e. The van der Waals surface area contributed by atoms with Crippen LogP contribution in [0.15, 0.2) is 48.5 Å². The van der Waals surface area contributed by atoms with Crippen molar-refractivity contribution in [3.8, 4) is 11.1 Å². The summed E-state index contributed by atoms with van der Waals surface area (Å²) >= 11 is 2.37. The quantitative estimate of drug-likeness (QED) is 0.248. The summed E-state index contributed by atoms with van der Waals surface area (Å²) < 4.78 is 1.30. The first-order valence-corrected chi connectivity index (χ1v) is 13.1. The molecule has 0 unspecified atom stereocenters. The molecule has 0 saturated carbocycles. The van der Waals surface area contributed by atoms with Gasteiger partial charge in [-0.1, -0.05) is 80.7 Å². The van der Waals surface area contributed by atoms with E-state index in [1.165, 1.54) is 46.8 Å². The van der Waals surface area contributed by atoms with Crippen LogP contribution in [0.2, 0.25) is 18.1 Å². The second kappa shape index (κ2) is 9.19.